The lowest BCUT2D eigenvalue weighted by molar-refractivity contribution is -0.144. The first-order chi connectivity index (χ1) is 9.37. The number of carboxylic acids is 1. The van der Waals surface area contributed by atoms with Crippen molar-refractivity contribution in [2.75, 3.05) is 11.9 Å². The van der Waals surface area contributed by atoms with Crippen LogP contribution in [0.15, 0.2) is 28.7 Å². The minimum Gasteiger partial charge on any atom is -0.480 e. The Kier molecular flexibility index (Phi) is 6.16. The van der Waals surface area contributed by atoms with E-state index in [1.807, 2.05) is 19.1 Å². The van der Waals surface area contributed by atoms with Gasteiger partial charge >= 0.3 is 5.97 Å². The highest BCUT2D eigenvalue weighted by Crippen LogP contribution is 2.16. The summed E-state index contributed by atoms with van der Waals surface area (Å²) in [6.45, 7) is 3.45. The summed E-state index contributed by atoms with van der Waals surface area (Å²) >= 11 is 3.32. The zero-order valence-electron chi connectivity index (χ0n) is 11.6. The monoisotopic (exact) mass is 342 g/mol. The molecule has 5 nitrogen and oxygen atoms in total. The van der Waals surface area contributed by atoms with Crippen LogP contribution in [0.5, 0.6) is 0 Å². The maximum absolute atomic E-state index is 11.8. The van der Waals surface area contributed by atoms with Crippen molar-refractivity contribution in [3.63, 3.8) is 0 Å². The second-order valence-corrected chi connectivity index (χ2v) is 5.72. The van der Waals surface area contributed by atoms with E-state index in [0.717, 1.165) is 10.9 Å². The molecule has 0 saturated carbocycles. The molecule has 0 saturated heterocycles. The summed E-state index contributed by atoms with van der Waals surface area (Å²) in [5, 5.41) is 14.7. The highest BCUT2D eigenvalue weighted by molar-refractivity contribution is 9.10. The van der Waals surface area contributed by atoms with Gasteiger partial charge in [0, 0.05) is 10.2 Å². The Labute approximate surface area is 126 Å². The zero-order chi connectivity index (χ0) is 15.2. The van der Waals surface area contributed by atoms with E-state index >= 15 is 0 Å². The number of carbonyl (C=O) groups excluding carboxylic acids is 1. The standard InChI is InChI=1S/C14H19BrN2O3/c1-3-7-14(2,13(19)20)16-9-12(18)17-11-6-4-5-10(15)8-11/h4-6,8,16H,3,7,9H2,1-2H3,(H,17,18)(H,19,20). The van der Waals surface area contributed by atoms with Crippen molar-refractivity contribution in [3.05, 3.63) is 28.7 Å². The smallest absolute Gasteiger partial charge is 0.323 e. The predicted octanol–water partition coefficient (Wildman–Crippen LogP) is 2.62. The number of hydrogen-bond donors (Lipinski definition) is 3. The van der Waals surface area contributed by atoms with Crippen molar-refractivity contribution in [2.45, 2.75) is 32.2 Å². The van der Waals surface area contributed by atoms with Gasteiger partial charge < -0.3 is 10.4 Å². The van der Waals surface area contributed by atoms with Crippen molar-refractivity contribution >= 4 is 33.5 Å². The lowest BCUT2D eigenvalue weighted by atomic mass is 9.96. The van der Waals surface area contributed by atoms with E-state index in [9.17, 15) is 14.7 Å². The molecule has 20 heavy (non-hydrogen) atoms. The normalized spacial score (nSPS) is 13.6. The third-order valence-corrected chi connectivity index (χ3v) is 3.46. The fraction of sp³-hybridized carbons (Fsp3) is 0.429. The van der Waals surface area contributed by atoms with Gasteiger partial charge in [-0.15, -0.1) is 0 Å². The molecule has 1 atom stereocenters. The maximum atomic E-state index is 11.8. The second-order valence-electron chi connectivity index (χ2n) is 4.80. The van der Waals surface area contributed by atoms with Gasteiger partial charge in [-0.2, -0.15) is 0 Å². The molecule has 1 aromatic carbocycles. The highest BCUT2D eigenvalue weighted by Gasteiger charge is 2.31. The van der Waals surface area contributed by atoms with Gasteiger partial charge in [0.2, 0.25) is 5.91 Å². The van der Waals surface area contributed by atoms with Gasteiger partial charge in [-0.25, -0.2) is 0 Å². The fourth-order valence-electron chi connectivity index (χ4n) is 1.82. The molecule has 1 unspecified atom stereocenters. The fourth-order valence-corrected chi connectivity index (χ4v) is 2.22. The Morgan fingerprint density at radius 2 is 2.10 bits per heavy atom. The van der Waals surface area contributed by atoms with Crippen molar-refractivity contribution in [3.8, 4) is 0 Å². The number of rotatable bonds is 7. The molecule has 3 N–H and O–H groups in total. The van der Waals surface area contributed by atoms with E-state index in [0.29, 0.717) is 12.1 Å². The number of aliphatic carboxylic acids is 1. The minimum atomic E-state index is -1.08. The Hall–Kier alpha value is -1.40. The summed E-state index contributed by atoms with van der Waals surface area (Å²) in [4.78, 5) is 23.0. The molecule has 0 bridgehead atoms. The molecule has 0 aliphatic rings. The third-order valence-electron chi connectivity index (χ3n) is 2.97. The number of amides is 1. The average molecular weight is 343 g/mol. The van der Waals surface area contributed by atoms with Gasteiger partial charge in [0.05, 0.1) is 6.54 Å². The number of hydrogen-bond acceptors (Lipinski definition) is 3. The van der Waals surface area contributed by atoms with E-state index in [1.165, 1.54) is 0 Å². The Morgan fingerprint density at radius 1 is 1.40 bits per heavy atom. The van der Waals surface area contributed by atoms with Crippen LogP contribution in [0, 0.1) is 0 Å². The topological polar surface area (TPSA) is 78.4 Å². The summed E-state index contributed by atoms with van der Waals surface area (Å²) in [6.07, 6.45) is 1.19. The molecular weight excluding hydrogens is 324 g/mol. The molecular formula is C14H19BrN2O3. The summed E-state index contributed by atoms with van der Waals surface area (Å²) in [5.41, 5.74) is -0.415. The SMILES string of the molecule is CCCC(C)(NCC(=O)Nc1cccc(Br)c1)C(=O)O. The first-order valence-corrected chi connectivity index (χ1v) is 7.20. The van der Waals surface area contributed by atoms with Gasteiger partial charge in [0.15, 0.2) is 0 Å². The first-order valence-electron chi connectivity index (χ1n) is 6.41. The summed E-state index contributed by atoms with van der Waals surface area (Å²) in [5.74, 6) is -1.22. The van der Waals surface area contributed by atoms with Gasteiger partial charge in [-0.1, -0.05) is 35.3 Å². The lowest BCUT2D eigenvalue weighted by Crippen LogP contribution is -2.51. The van der Waals surface area contributed by atoms with E-state index in [2.05, 4.69) is 26.6 Å². The molecule has 0 aliphatic heterocycles. The number of nitrogens with one attached hydrogen (secondary N) is 2. The molecule has 0 heterocycles. The van der Waals surface area contributed by atoms with Crippen LogP contribution in [0.3, 0.4) is 0 Å². The van der Waals surface area contributed by atoms with Crippen LogP contribution in [0.2, 0.25) is 0 Å². The van der Waals surface area contributed by atoms with Crippen molar-refractivity contribution in [2.24, 2.45) is 0 Å². The third kappa shape index (κ3) is 4.94. The van der Waals surface area contributed by atoms with Crippen LogP contribution in [-0.4, -0.2) is 29.1 Å². The zero-order valence-corrected chi connectivity index (χ0v) is 13.2. The molecule has 1 amide bonds. The van der Waals surface area contributed by atoms with Crippen LogP contribution >= 0.6 is 15.9 Å². The van der Waals surface area contributed by atoms with Crippen molar-refractivity contribution < 1.29 is 14.7 Å². The minimum absolute atomic E-state index is 0.0463. The van der Waals surface area contributed by atoms with Crippen molar-refractivity contribution in [1.29, 1.82) is 0 Å². The van der Waals surface area contributed by atoms with Crippen molar-refractivity contribution in [1.82, 2.24) is 5.32 Å². The molecule has 0 aliphatic carbocycles. The first kappa shape index (κ1) is 16.7. The largest absolute Gasteiger partial charge is 0.480 e. The molecule has 0 spiro atoms. The van der Waals surface area contributed by atoms with Crippen LogP contribution < -0.4 is 10.6 Å². The molecule has 0 aromatic heterocycles. The Bertz CT molecular complexity index is 493. The van der Waals surface area contributed by atoms with E-state index in [1.54, 1.807) is 19.1 Å². The number of carbonyl (C=O) groups is 2. The van der Waals surface area contributed by atoms with Crippen LogP contribution in [0.25, 0.3) is 0 Å². The van der Waals surface area contributed by atoms with E-state index in [4.69, 9.17) is 0 Å². The molecule has 6 heteroatoms. The number of carboxylic acid groups (broad SMARTS) is 1. The Morgan fingerprint density at radius 3 is 2.65 bits per heavy atom. The van der Waals surface area contributed by atoms with Crippen LogP contribution in [0.4, 0.5) is 5.69 Å². The number of anilines is 1. The summed E-state index contributed by atoms with van der Waals surface area (Å²) in [6, 6.07) is 7.22. The lowest BCUT2D eigenvalue weighted by Gasteiger charge is -2.25. The molecule has 0 fully saturated rings. The summed E-state index contributed by atoms with van der Waals surface area (Å²) < 4.78 is 0.865. The maximum Gasteiger partial charge on any atom is 0.323 e. The van der Waals surface area contributed by atoms with Gasteiger partial charge in [-0.05, 0) is 31.5 Å². The molecule has 1 aromatic rings. The van der Waals surface area contributed by atoms with E-state index in [-0.39, 0.29) is 12.5 Å². The summed E-state index contributed by atoms with van der Waals surface area (Å²) in [7, 11) is 0. The van der Waals surface area contributed by atoms with E-state index < -0.39 is 11.5 Å². The highest BCUT2D eigenvalue weighted by atomic mass is 79.9. The van der Waals surface area contributed by atoms with Crippen LogP contribution in [0.1, 0.15) is 26.7 Å². The number of benzene rings is 1. The van der Waals surface area contributed by atoms with Gasteiger partial charge in [0.1, 0.15) is 5.54 Å². The number of halogens is 1. The molecule has 0 radical (unpaired) electrons. The van der Waals surface area contributed by atoms with Gasteiger partial charge in [0.25, 0.3) is 0 Å². The Balaban J connectivity index is 2.56. The quantitative estimate of drug-likeness (QED) is 0.711. The molecule has 1 rings (SSSR count). The van der Waals surface area contributed by atoms with Crippen LogP contribution in [-0.2, 0) is 9.59 Å². The van der Waals surface area contributed by atoms with Gasteiger partial charge in [-0.3, -0.25) is 14.9 Å². The second kappa shape index (κ2) is 7.40. The predicted molar refractivity (Wildman–Crippen MR) is 81.7 cm³/mol. The average Bonchev–Trinajstić information content (AvgIpc) is 2.36. The molecule has 110 valence electrons.